The van der Waals surface area contributed by atoms with E-state index >= 15 is 0 Å². The van der Waals surface area contributed by atoms with E-state index in [0.717, 1.165) is 17.7 Å². The topological polar surface area (TPSA) is 37.2 Å². The lowest BCUT2D eigenvalue weighted by atomic mass is 9.98. The van der Waals surface area contributed by atoms with Gasteiger partial charge in [0.2, 0.25) is 0 Å². The van der Waals surface area contributed by atoms with Crippen LogP contribution >= 0.6 is 0 Å². The fourth-order valence-corrected chi connectivity index (χ4v) is 2.68. The predicted molar refractivity (Wildman–Crippen MR) is 99.0 cm³/mol. The first kappa shape index (κ1) is 18.0. The molecule has 6 heteroatoms. The second-order valence-electron chi connectivity index (χ2n) is 6.32. The maximum atomic E-state index is 14.6. The number of hydrogen-bond acceptors (Lipinski definition) is 3. The van der Waals surface area contributed by atoms with Crippen molar-refractivity contribution in [2.45, 2.75) is 26.4 Å². The zero-order chi connectivity index (χ0) is 18.7. The van der Waals surface area contributed by atoms with E-state index in [1.807, 2.05) is 25.8 Å². The van der Waals surface area contributed by atoms with Crippen LogP contribution in [0.1, 0.15) is 36.1 Å². The van der Waals surface area contributed by atoms with Crippen molar-refractivity contribution < 1.29 is 13.6 Å². The lowest BCUT2D eigenvalue weighted by Gasteiger charge is -2.13. The Kier molecular flexibility index (Phi) is 5.30. The molecule has 136 valence electrons. The minimum absolute atomic E-state index is 0.309. The van der Waals surface area contributed by atoms with Gasteiger partial charge in [-0.15, -0.1) is 0 Å². The van der Waals surface area contributed by atoms with Crippen molar-refractivity contribution in [3.05, 3.63) is 64.7 Å². The molecule has 2 aromatic carbocycles. The molecule has 0 N–H and O–H groups in total. The Hall–Kier alpha value is -2.76. The molecule has 1 atom stereocenters. The van der Waals surface area contributed by atoms with Gasteiger partial charge in [-0.25, -0.2) is 13.8 Å². The van der Waals surface area contributed by atoms with E-state index in [1.165, 1.54) is 18.2 Å². The van der Waals surface area contributed by atoms with Crippen molar-refractivity contribution in [3.8, 4) is 0 Å². The standard InChI is InChI=1S/C20H21F2N3O/c1-4-25(3)12-23-18-10-17(22)16(9-13(18)2)20-11-19(24-26-20)14-5-7-15(21)8-6-14/h5-10,12,20H,4,11H2,1-3H3. The van der Waals surface area contributed by atoms with E-state index in [2.05, 4.69) is 10.1 Å². The summed E-state index contributed by atoms with van der Waals surface area (Å²) in [6.07, 6.45) is 1.62. The van der Waals surface area contributed by atoms with E-state index in [9.17, 15) is 8.78 Å². The number of rotatable bonds is 5. The summed E-state index contributed by atoms with van der Waals surface area (Å²) in [5.74, 6) is -0.682. The quantitative estimate of drug-likeness (QED) is 0.572. The third-order valence-corrected chi connectivity index (χ3v) is 4.40. The second kappa shape index (κ2) is 7.64. The maximum Gasteiger partial charge on any atom is 0.161 e. The van der Waals surface area contributed by atoms with Gasteiger partial charge in [-0.1, -0.05) is 17.3 Å². The summed E-state index contributed by atoms with van der Waals surface area (Å²) < 4.78 is 27.7. The zero-order valence-corrected chi connectivity index (χ0v) is 15.0. The van der Waals surface area contributed by atoms with Crippen LogP contribution < -0.4 is 0 Å². The van der Waals surface area contributed by atoms with Crippen LogP contribution in [0.4, 0.5) is 14.5 Å². The molecule has 1 heterocycles. The van der Waals surface area contributed by atoms with Crippen molar-refractivity contribution >= 4 is 17.7 Å². The first-order valence-corrected chi connectivity index (χ1v) is 8.51. The molecule has 1 aliphatic rings. The van der Waals surface area contributed by atoms with Gasteiger partial charge >= 0.3 is 0 Å². The van der Waals surface area contributed by atoms with Crippen molar-refractivity contribution in [2.24, 2.45) is 10.1 Å². The number of halogens is 2. The van der Waals surface area contributed by atoms with Gasteiger partial charge in [-0.05, 0) is 43.2 Å². The average Bonchev–Trinajstić information content (AvgIpc) is 3.12. The van der Waals surface area contributed by atoms with Gasteiger partial charge < -0.3 is 9.74 Å². The maximum absolute atomic E-state index is 14.6. The predicted octanol–water partition coefficient (Wildman–Crippen LogP) is 4.75. The van der Waals surface area contributed by atoms with Crippen LogP contribution in [-0.4, -0.2) is 30.5 Å². The number of oxime groups is 1. The normalized spacial score (nSPS) is 16.7. The third kappa shape index (κ3) is 3.90. The molecular weight excluding hydrogens is 336 g/mol. The lowest BCUT2D eigenvalue weighted by Crippen LogP contribution is -2.14. The molecule has 1 aliphatic heterocycles. The molecule has 0 radical (unpaired) electrons. The van der Waals surface area contributed by atoms with Gasteiger partial charge in [0.15, 0.2) is 6.10 Å². The van der Waals surface area contributed by atoms with E-state index in [-0.39, 0.29) is 11.6 Å². The molecule has 26 heavy (non-hydrogen) atoms. The summed E-state index contributed by atoms with van der Waals surface area (Å²) in [5.41, 5.74) is 3.35. The summed E-state index contributed by atoms with van der Waals surface area (Å²) in [6, 6.07) is 9.20. The molecule has 1 unspecified atom stereocenters. The molecule has 2 aromatic rings. The molecule has 0 aromatic heterocycles. The van der Waals surface area contributed by atoms with E-state index in [1.54, 1.807) is 24.5 Å². The van der Waals surface area contributed by atoms with E-state index in [0.29, 0.717) is 23.4 Å². The molecular formula is C20H21F2N3O. The number of aryl methyl sites for hydroxylation is 1. The summed E-state index contributed by atoms with van der Waals surface area (Å²) in [7, 11) is 1.91. The van der Waals surface area contributed by atoms with Gasteiger partial charge in [-0.3, -0.25) is 0 Å². The van der Waals surface area contributed by atoms with Crippen molar-refractivity contribution in [2.75, 3.05) is 13.6 Å². The Bertz CT molecular complexity index is 847. The van der Waals surface area contributed by atoms with Crippen LogP contribution in [0.5, 0.6) is 0 Å². The van der Waals surface area contributed by atoms with Gasteiger partial charge in [0, 0.05) is 31.6 Å². The molecule has 0 saturated carbocycles. The van der Waals surface area contributed by atoms with Crippen LogP contribution in [-0.2, 0) is 4.84 Å². The number of benzene rings is 2. The summed E-state index contributed by atoms with van der Waals surface area (Å²) in [4.78, 5) is 11.7. The van der Waals surface area contributed by atoms with E-state index in [4.69, 9.17) is 4.84 Å². The van der Waals surface area contributed by atoms with Crippen molar-refractivity contribution in [1.29, 1.82) is 0 Å². The van der Waals surface area contributed by atoms with Gasteiger partial charge in [0.05, 0.1) is 17.7 Å². The smallest absolute Gasteiger partial charge is 0.161 e. The second-order valence-corrected chi connectivity index (χ2v) is 6.32. The van der Waals surface area contributed by atoms with Crippen molar-refractivity contribution in [3.63, 3.8) is 0 Å². The SMILES string of the molecule is CCN(C)C=Nc1cc(F)c(C2CC(c3ccc(F)cc3)=NO2)cc1C. The largest absolute Gasteiger partial charge is 0.387 e. The molecule has 0 saturated heterocycles. The average molecular weight is 357 g/mol. The third-order valence-electron chi connectivity index (χ3n) is 4.40. The first-order chi connectivity index (χ1) is 12.5. The highest BCUT2D eigenvalue weighted by Crippen LogP contribution is 2.34. The Morgan fingerprint density at radius 3 is 2.69 bits per heavy atom. The van der Waals surface area contributed by atoms with Gasteiger partial charge in [0.25, 0.3) is 0 Å². The number of nitrogens with zero attached hydrogens (tertiary/aromatic N) is 3. The minimum Gasteiger partial charge on any atom is -0.387 e. The fourth-order valence-electron chi connectivity index (χ4n) is 2.68. The lowest BCUT2D eigenvalue weighted by molar-refractivity contribution is 0.0829. The highest BCUT2D eigenvalue weighted by atomic mass is 19.1. The number of aliphatic imine (C=N–C) groups is 1. The zero-order valence-electron chi connectivity index (χ0n) is 15.0. The molecule has 0 amide bonds. The summed E-state index contributed by atoms with van der Waals surface area (Å²) in [5, 5.41) is 4.05. The Morgan fingerprint density at radius 2 is 2.00 bits per heavy atom. The number of hydrogen-bond donors (Lipinski definition) is 0. The fraction of sp³-hybridized carbons (Fsp3) is 0.300. The molecule has 0 spiro atoms. The highest BCUT2D eigenvalue weighted by Gasteiger charge is 2.27. The van der Waals surface area contributed by atoms with Crippen LogP contribution in [0, 0.1) is 18.6 Å². The van der Waals surface area contributed by atoms with Crippen LogP contribution in [0.2, 0.25) is 0 Å². The monoisotopic (exact) mass is 357 g/mol. The molecule has 3 rings (SSSR count). The van der Waals surface area contributed by atoms with Gasteiger partial charge in [-0.2, -0.15) is 0 Å². The van der Waals surface area contributed by atoms with Crippen LogP contribution in [0.3, 0.4) is 0 Å². The highest BCUT2D eigenvalue weighted by molar-refractivity contribution is 6.01. The van der Waals surface area contributed by atoms with Crippen LogP contribution in [0.25, 0.3) is 0 Å². The van der Waals surface area contributed by atoms with Crippen molar-refractivity contribution in [1.82, 2.24) is 4.90 Å². The van der Waals surface area contributed by atoms with E-state index < -0.39 is 6.10 Å². The molecule has 0 fully saturated rings. The molecule has 0 bridgehead atoms. The summed E-state index contributed by atoms with van der Waals surface area (Å²) >= 11 is 0. The first-order valence-electron chi connectivity index (χ1n) is 8.51. The summed E-state index contributed by atoms with van der Waals surface area (Å²) in [6.45, 7) is 4.72. The Balaban J connectivity index is 1.77. The van der Waals surface area contributed by atoms with Gasteiger partial charge in [0.1, 0.15) is 11.6 Å². The molecule has 0 aliphatic carbocycles. The minimum atomic E-state index is -0.495. The Labute approximate surface area is 151 Å². The van der Waals surface area contributed by atoms with Crippen LogP contribution in [0.15, 0.2) is 46.5 Å². The molecule has 4 nitrogen and oxygen atoms in total. The Morgan fingerprint density at radius 1 is 1.27 bits per heavy atom.